The molecule has 0 heterocycles. The fourth-order valence-corrected chi connectivity index (χ4v) is 2.04. The van der Waals surface area contributed by atoms with E-state index in [4.69, 9.17) is 22.2 Å². The summed E-state index contributed by atoms with van der Waals surface area (Å²) in [6, 6.07) is 11.5. The highest BCUT2D eigenvalue weighted by molar-refractivity contribution is 6.30. The van der Waals surface area contributed by atoms with E-state index in [9.17, 15) is 4.39 Å². The summed E-state index contributed by atoms with van der Waals surface area (Å²) in [5, 5.41) is 0.645. The van der Waals surface area contributed by atoms with E-state index >= 15 is 0 Å². The Labute approximate surface area is 122 Å². The zero-order chi connectivity index (χ0) is 14.5. The molecule has 5 heteroatoms. The number of ether oxygens (including phenoxy) is 1. The third-order valence-electron chi connectivity index (χ3n) is 2.90. The maximum atomic E-state index is 13.4. The minimum absolute atomic E-state index is 0.285. The van der Waals surface area contributed by atoms with Gasteiger partial charge in [-0.05, 0) is 54.4 Å². The molecule has 0 amide bonds. The van der Waals surface area contributed by atoms with E-state index in [1.165, 1.54) is 12.1 Å². The number of hydrogen-bond donors (Lipinski definition) is 2. The van der Waals surface area contributed by atoms with Crippen LogP contribution in [-0.2, 0) is 0 Å². The van der Waals surface area contributed by atoms with Crippen molar-refractivity contribution in [3.63, 3.8) is 0 Å². The van der Waals surface area contributed by atoms with E-state index in [1.54, 1.807) is 24.3 Å². The smallest absolute Gasteiger partial charge is 0.123 e. The second kappa shape index (κ2) is 6.70. The first-order chi connectivity index (χ1) is 9.58. The van der Waals surface area contributed by atoms with Crippen LogP contribution in [0.25, 0.3) is 0 Å². The predicted octanol–water partition coefficient (Wildman–Crippen LogP) is 3.37. The average Bonchev–Trinajstić information content (AvgIpc) is 2.40. The summed E-state index contributed by atoms with van der Waals surface area (Å²) in [6.45, 7) is 2.13. The summed E-state index contributed by atoms with van der Waals surface area (Å²) in [7, 11) is 0. The normalized spacial score (nSPS) is 12.2. The van der Waals surface area contributed by atoms with Gasteiger partial charge in [0.1, 0.15) is 18.2 Å². The number of benzene rings is 2. The summed E-state index contributed by atoms with van der Waals surface area (Å²) < 4.78 is 19.0. The van der Waals surface area contributed by atoms with Crippen LogP contribution in [0.15, 0.2) is 42.5 Å². The van der Waals surface area contributed by atoms with E-state index in [0.29, 0.717) is 17.4 Å². The lowest BCUT2D eigenvalue weighted by molar-refractivity contribution is 0.267. The number of rotatable bonds is 5. The molecule has 0 saturated carbocycles. The van der Waals surface area contributed by atoms with Crippen LogP contribution in [-0.4, -0.2) is 6.61 Å². The molecule has 106 valence electrons. The lowest BCUT2D eigenvalue weighted by Crippen LogP contribution is -2.32. The predicted molar refractivity (Wildman–Crippen MR) is 78.1 cm³/mol. The van der Waals surface area contributed by atoms with Crippen LogP contribution in [0.5, 0.6) is 5.75 Å². The first kappa shape index (κ1) is 14.8. The van der Waals surface area contributed by atoms with Gasteiger partial charge >= 0.3 is 0 Å². The van der Waals surface area contributed by atoms with Gasteiger partial charge in [-0.2, -0.15) is 0 Å². The van der Waals surface area contributed by atoms with Crippen LogP contribution in [0.2, 0.25) is 5.02 Å². The Morgan fingerprint density at radius 1 is 1.25 bits per heavy atom. The van der Waals surface area contributed by atoms with Gasteiger partial charge in [0, 0.05) is 5.02 Å². The number of hydrogen-bond acceptors (Lipinski definition) is 3. The molecular weight excluding hydrogens is 279 g/mol. The topological polar surface area (TPSA) is 47.3 Å². The molecule has 0 spiro atoms. The van der Waals surface area contributed by atoms with Crippen molar-refractivity contribution in [2.24, 2.45) is 5.84 Å². The fraction of sp³-hybridized carbons (Fsp3) is 0.200. The molecule has 0 aliphatic rings. The highest BCUT2D eigenvalue weighted by Crippen LogP contribution is 2.20. The second-order valence-electron chi connectivity index (χ2n) is 4.55. The maximum absolute atomic E-state index is 13.4. The van der Waals surface area contributed by atoms with Crippen molar-refractivity contribution < 1.29 is 9.13 Å². The summed E-state index contributed by atoms with van der Waals surface area (Å²) >= 11 is 5.80. The van der Waals surface area contributed by atoms with Gasteiger partial charge in [0.2, 0.25) is 0 Å². The largest absolute Gasteiger partial charge is 0.492 e. The molecule has 3 nitrogen and oxygen atoms in total. The van der Waals surface area contributed by atoms with Crippen molar-refractivity contribution in [3.8, 4) is 5.75 Å². The van der Waals surface area contributed by atoms with Crippen molar-refractivity contribution in [2.45, 2.75) is 13.0 Å². The molecule has 0 aromatic heterocycles. The SMILES string of the molecule is Cc1cc(F)cc(C(COc2ccc(Cl)cc2)NN)c1. The highest BCUT2D eigenvalue weighted by Gasteiger charge is 2.12. The maximum Gasteiger partial charge on any atom is 0.123 e. The van der Waals surface area contributed by atoms with E-state index in [0.717, 1.165) is 11.1 Å². The van der Waals surface area contributed by atoms with Crippen LogP contribution >= 0.6 is 11.6 Å². The van der Waals surface area contributed by atoms with Crippen molar-refractivity contribution in [1.82, 2.24) is 5.43 Å². The second-order valence-corrected chi connectivity index (χ2v) is 4.98. The van der Waals surface area contributed by atoms with E-state index in [1.807, 2.05) is 13.0 Å². The monoisotopic (exact) mass is 294 g/mol. The molecule has 0 bridgehead atoms. The third-order valence-corrected chi connectivity index (χ3v) is 3.15. The molecule has 0 radical (unpaired) electrons. The van der Waals surface area contributed by atoms with Crippen LogP contribution in [0.1, 0.15) is 17.2 Å². The Morgan fingerprint density at radius 2 is 1.95 bits per heavy atom. The minimum Gasteiger partial charge on any atom is -0.492 e. The van der Waals surface area contributed by atoms with Gasteiger partial charge in [0.05, 0.1) is 6.04 Å². The third kappa shape index (κ3) is 3.93. The molecule has 2 aromatic carbocycles. The summed E-state index contributed by atoms with van der Waals surface area (Å²) in [5.41, 5.74) is 4.23. The molecule has 0 saturated heterocycles. The van der Waals surface area contributed by atoms with Gasteiger partial charge in [0.15, 0.2) is 0 Å². The molecule has 3 N–H and O–H groups in total. The highest BCUT2D eigenvalue weighted by atomic mass is 35.5. The van der Waals surface area contributed by atoms with Crippen LogP contribution in [0, 0.1) is 12.7 Å². The van der Waals surface area contributed by atoms with Crippen molar-refractivity contribution in [3.05, 3.63) is 64.4 Å². The quantitative estimate of drug-likeness (QED) is 0.656. The van der Waals surface area contributed by atoms with Gasteiger partial charge in [-0.3, -0.25) is 5.84 Å². The Kier molecular flexibility index (Phi) is 4.95. The van der Waals surface area contributed by atoms with Crippen LogP contribution in [0.4, 0.5) is 4.39 Å². The molecular formula is C15H16ClFN2O. The summed E-state index contributed by atoms with van der Waals surface area (Å²) in [4.78, 5) is 0. The van der Waals surface area contributed by atoms with E-state index < -0.39 is 0 Å². The molecule has 2 rings (SSSR count). The lowest BCUT2D eigenvalue weighted by Gasteiger charge is -2.18. The van der Waals surface area contributed by atoms with Gasteiger partial charge < -0.3 is 4.74 Å². The Bertz CT molecular complexity index is 554. The van der Waals surface area contributed by atoms with Crippen LogP contribution in [0.3, 0.4) is 0 Å². The Balaban J connectivity index is 2.07. The van der Waals surface area contributed by atoms with Crippen molar-refractivity contribution in [2.75, 3.05) is 6.61 Å². The zero-order valence-corrected chi connectivity index (χ0v) is 11.8. The molecule has 1 atom stereocenters. The molecule has 1 unspecified atom stereocenters. The Morgan fingerprint density at radius 3 is 2.55 bits per heavy atom. The first-order valence-corrected chi connectivity index (χ1v) is 6.58. The first-order valence-electron chi connectivity index (χ1n) is 6.20. The molecule has 2 aromatic rings. The standard InChI is InChI=1S/C15H16ClFN2O/c1-10-6-11(8-13(17)7-10)15(19-18)9-20-14-4-2-12(16)3-5-14/h2-8,15,19H,9,18H2,1H3. The zero-order valence-electron chi connectivity index (χ0n) is 11.1. The van der Waals surface area contributed by atoms with Gasteiger partial charge in [-0.1, -0.05) is 17.7 Å². The fourth-order valence-electron chi connectivity index (χ4n) is 1.92. The summed E-state index contributed by atoms with van der Waals surface area (Å²) in [6.07, 6.45) is 0. The number of hydrazine groups is 1. The number of halogens is 2. The molecule has 20 heavy (non-hydrogen) atoms. The van der Waals surface area contributed by atoms with Crippen LogP contribution < -0.4 is 16.0 Å². The van der Waals surface area contributed by atoms with Crippen molar-refractivity contribution in [1.29, 1.82) is 0 Å². The number of nitrogens with two attached hydrogens (primary N) is 1. The molecule has 0 aliphatic carbocycles. The lowest BCUT2D eigenvalue weighted by atomic mass is 10.1. The van der Waals surface area contributed by atoms with Crippen molar-refractivity contribution >= 4 is 11.6 Å². The Hall–Kier alpha value is -1.62. The van der Waals surface area contributed by atoms with Gasteiger partial charge in [-0.15, -0.1) is 0 Å². The molecule has 0 aliphatic heterocycles. The number of nitrogens with one attached hydrogen (secondary N) is 1. The average molecular weight is 295 g/mol. The van der Waals surface area contributed by atoms with E-state index in [-0.39, 0.29) is 11.9 Å². The molecule has 0 fully saturated rings. The summed E-state index contributed by atoms with van der Waals surface area (Å²) in [5.74, 6) is 5.92. The number of aryl methyl sites for hydroxylation is 1. The minimum atomic E-state index is -0.292. The van der Waals surface area contributed by atoms with Gasteiger partial charge in [0.25, 0.3) is 0 Å². The van der Waals surface area contributed by atoms with E-state index in [2.05, 4.69) is 5.43 Å². The van der Waals surface area contributed by atoms with Gasteiger partial charge in [-0.25, -0.2) is 9.82 Å².